The van der Waals surface area contributed by atoms with Gasteiger partial charge in [-0.3, -0.25) is 0 Å². The van der Waals surface area contributed by atoms with Crippen molar-refractivity contribution in [2.75, 3.05) is 24.6 Å². The Morgan fingerprint density at radius 3 is 2.33 bits per heavy atom. The van der Waals surface area contributed by atoms with Crippen LogP contribution in [-0.2, 0) is 0 Å². The largest absolute Gasteiger partial charge is 0.490 e. The molecule has 1 aromatic rings. The first-order chi connectivity index (χ1) is 13.0. The molecule has 152 valence electrons. The summed E-state index contributed by atoms with van der Waals surface area (Å²) >= 11 is 0. The number of halogens is 3. The van der Waals surface area contributed by atoms with Gasteiger partial charge in [-0.05, 0) is 49.1 Å². The molecule has 1 aliphatic heterocycles. The van der Waals surface area contributed by atoms with E-state index in [2.05, 4.69) is 11.8 Å². The lowest BCUT2D eigenvalue weighted by Crippen LogP contribution is -2.33. The Kier molecular flexibility index (Phi) is 9.02. The van der Waals surface area contributed by atoms with Crippen LogP contribution in [0.5, 0.6) is 5.75 Å². The van der Waals surface area contributed by atoms with Crippen LogP contribution in [0.1, 0.15) is 58.3 Å². The van der Waals surface area contributed by atoms with Crippen molar-refractivity contribution in [3.05, 3.63) is 36.4 Å². The van der Waals surface area contributed by atoms with Gasteiger partial charge in [-0.15, -0.1) is 0 Å². The van der Waals surface area contributed by atoms with Crippen LogP contribution in [0.4, 0.5) is 18.9 Å². The summed E-state index contributed by atoms with van der Waals surface area (Å²) in [5, 5.41) is 0. The Labute approximate surface area is 161 Å². The number of benzene rings is 1. The smallest absolute Gasteiger partial charge is 0.409 e. The van der Waals surface area contributed by atoms with E-state index in [-0.39, 0.29) is 12.7 Å². The molecule has 0 spiro atoms. The summed E-state index contributed by atoms with van der Waals surface area (Å²) in [6, 6.07) is 7.65. The van der Waals surface area contributed by atoms with Crippen LogP contribution in [0, 0.1) is 5.92 Å². The first kappa shape index (κ1) is 21.6. The molecule has 0 bridgehead atoms. The number of rotatable bonds is 10. The summed E-state index contributed by atoms with van der Waals surface area (Å²) in [6.45, 7) is 4.32. The summed E-state index contributed by atoms with van der Waals surface area (Å²) in [5.74, 6) is 1.44. The molecule has 0 aliphatic carbocycles. The summed E-state index contributed by atoms with van der Waals surface area (Å²) in [5.41, 5.74) is 1.16. The number of piperidine rings is 1. The van der Waals surface area contributed by atoms with E-state index in [9.17, 15) is 13.2 Å². The van der Waals surface area contributed by atoms with Crippen molar-refractivity contribution >= 4 is 5.69 Å². The monoisotopic (exact) mass is 383 g/mol. The van der Waals surface area contributed by atoms with Gasteiger partial charge in [0.1, 0.15) is 12.4 Å². The highest BCUT2D eigenvalue weighted by Gasteiger charge is 2.21. The fourth-order valence-corrected chi connectivity index (χ4v) is 3.60. The van der Waals surface area contributed by atoms with E-state index in [4.69, 9.17) is 4.74 Å². The fraction of sp³-hybridized carbons (Fsp3) is 0.636. The summed E-state index contributed by atoms with van der Waals surface area (Å²) < 4.78 is 41.4. The molecule has 27 heavy (non-hydrogen) atoms. The average molecular weight is 383 g/mol. The lowest BCUT2D eigenvalue weighted by Gasteiger charge is -2.33. The van der Waals surface area contributed by atoms with E-state index < -0.39 is 6.18 Å². The molecular formula is C22H32F3NO. The number of allylic oxidation sites excluding steroid dienone is 1. The molecule has 0 N–H and O–H groups in total. The van der Waals surface area contributed by atoms with Gasteiger partial charge in [0.2, 0.25) is 0 Å². The molecule has 1 fully saturated rings. The van der Waals surface area contributed by atoms with Gasteiger partial charge in [-0.25, -0.2) is 0 Å². The van der Waals surface area contributed by atoms with E-state index in [1.807, 2.05) is 24.3 Å². The number of alkyl halides is 3. The van der Waals surface area contributed by atoms with Crippen LogP contribution in [-0.4, -0.2) is 25.9 Å². The number of nitrogens with zero attached hydrogens (tertiary/aromatic N) is 1. The van der Waals surface area contributed by atoms with Crippen molar-refractivity contribution in [3.63, 3.8) is 0 Å². The molecule has 0 aromatic heterocycles. The van der Waals surface area contributed by atoms with Gasteiger partial charge in [0.05, 0.1) is 0 Å². The van der Waals surface area contributed by atoms with Gasteiger partial charge in [-0.2, -0.15) is 13.2 Å². The molecule has 1 saturated heterocycles. The predicted octanol–water partition coefficient (Wildman–Crippen LogP) is 6.76. The molecule has 2 nitrogen and oxygen atoms in total. The zero-order chi connectivity index (χ0) is 19.5. The molecule has 5 heteroatoms. The highest BCUT2D eigenvalue weighted by atomic mass is 19.4. The van der Waals surface area contributed by atoms with Gasteiger partial charge in [0, 0.05) is 24.9 Å². The van der Waals surface area contributed by atoms with Crippen molar-refractivity contribution in [2.45, 2.75) is 64.5 Å². The molecule has 0 saturated carbocycles. The van der Waals surface area contributed by atoms with Gasteiger partial charge in [0.25, 0.3) is 0 Å². The van der Waals surface area contributed by atoms with E-state index >= 15 is 0 Å². The summed E-state index contributed by atoms with van der Waals surface area (Å²) in [4.78, 5) is 2.39. The standard InChI is InChI=1S/C22H32F3NO/c1-2-3-4-5-6-8-19-13-16-26(17-14-19)20-9-11-21(12-10-20)27-18-7-15-22(23,24)25/h7,9-12,15,19H,2-6,8,13-14,16-18H2,1H3. The number of unbranched alkanes of at least 4 members (excludes halogenated alkanes) is 4. The third-order valence-electron chi connectivity index (χ3n) is 5.19. The van der Waals surface area contributed by atoms with Crippen LogP contribution in [0.25, 0.3) is 0 Å². The van der Waals surface area contributed by atoms with Gasteiger partial charge in [0.15, 0.2) is 0 Å². The Balaban J connectivity index is 1.68. The predicted molar refractivity (Wildman–Crippen MR) is 105 cm³/mol. The fourth-order valence-electron chi connectivity index (χ4n) is 3.60. The third-order valence-corrected chi connectivity index (χ3v) is 5.19. The first-order valence-corrected chi connectivity index (χ1v) is 10.2. The topological polar surface area (TPSA) is 12.5 Å². The van der Waals surface area contributed by atoms with Crippen LogP contribution >= 0.6 is 0 Å². The minimum Gasteiger partial charge on any atom is -0.490 e. The number of hydrogen-bond acceptors (Lipinski definition) is 2. The maximum absolute atomic E-state index is 12.0. The molecular weight excluding hydrogens is 351 g/mol. The molecule has 1 heterocycles. The van der Waals surface area contributed by atoms with Crippen LogP contribution in [0.2, 0.25) is 0 Å². The second-order valence-electron chi connectivity index (χ2n) is 7.38. The van der Waals surface area contributed by atoms with Crippen LogP contribution < -0.4 is 9.64 Å². The number of hydrogen-bond donors (Lipinski definition) is 0. The zero-order valence-electron chi connectivity index (χ0n) is 16.3. The molecule has 1 aromatic carbocycles. The lowest BCUT2D eigenvalue weighted by molar-refractivity contribution is -0.0801. The Hall–Kier alpha value is -1.65. The van der Waals surface area contributed by atoms with Crippen molar-refractivity contribution in [1.29, 1.82) is 0 Å². The number of ether oxygens (including phenoxy) is 1. The van der Waals surface area contributed by atoms with Crippen molar-refractivity contribution < 1.29 is 17.9 Å². The van der Waals surface area contributed by atoms with Gasteiger partial charge in [-0.1, -0.05) is 45.4 Å². The second kappa shape index (κ2) is 11.3. The quantitative estimate of drug-likeness (QED) is 0.327. The minimum atomic E-state index is -4.28. The highest BCUT2D eigenvalue weighted by Crippen LogP contribution is 2.28. The van der Waals surface area contributed by atoms with Crippen LogP contribution in [0.3, 0.4) is 0 Å². The third kappa shape index (κ3) is 8.72. The zero-order valence-corrected chi connectivity index (χ0v) is 16.3. The highest BCUT2D eigenvalue weighted by molar-refractivity contribution is 5.49. The molecule has 1 aliphatic rings. The maximum Gasteiger partial charge on any atom is 0.409 e. The van der Waals surface area contributed by atoms with E-state index in [1.165, 1.54) is 51.4 Å². The van der Waals surface area contributed by atoms with E-state index in [1.54, 1.807) is 0 Å². The van der Waals surface area contributed by atoms with Crippen molar-refractivity contribution in [3.8, 4) is 5.75 Å². The number of anilines is 1. The Morgan fingerprint density at radius 2 is 1.70 bits per heavy atom. The van der Waals surface area contributed by atoms with E-state index in [0.29, 0.717) is 5.75 Å². The second-order valence-corrected chi connectivity index (χ2v) is 7.38. The Morgan fingerprint density at radius 1 is 1.04 bits per heavy atom. The van der Waals surface area contributed by atoms with Gasteiger partial charge < -0.3 is 9.64 Å². The minimum absolute atomic E-state index is 0.0808. The Bertz CT molecular complexity index is 546. The molecule has 0 atom stereocenters. The molecule has 2 rings (SSSR count). The first-order valence-electron chi connectivity index (χ1n) is 10.2. The maximum atomic E-state index is 12.0. The van der Waals surface area contributed by atoms with Crippen LogP contribution in [0.15, 0.2) is 36.4 Å². The SMILES string of the molecule is CCCCCCCC1CCN(c2ccc(OCC=CC(F)(F)F)cc2)CC1. The van der Waals surface area contributed by atoms with Gasteiger partial charge >= 0.3 is 6.18 Å². The lowest BCUT2D eigenvalue weighted by atomic mass is 9.91. The average Bonchev–Trinajstić information content (AvgIpc) is 2.65. The van der Waals surface area contributed by atoms with Crippen molar-refractivity contribution in [2.24, 2.45) is 5.92 Å². The van der Waals surface area contributed by atoms with E-state index in [0.717, 1.165) is 30.8 Å². The molecule has 0 amide bonds. The molecule has 0 radical (unpaired) electrons. The molecule has 0 unspecified atom stereocenters. The summed E-state index contributed by atoms with van der Waals surface area (Å²) in [6.07, 6.45) is 7.51. The summed E-state index contributed by atoms with van der Waals surface area (Å²) in [7, 11) is 0. The van der Waals surface area contributed by atoms with Crippen molar-refractivity contribution in [1.82, 2.24) is 0 Å². The normalized spacial score (nSPS) is 16.2.